The Morgan fingerprint density at radius 1 is 1.00 bits per heavy atom. The first-order chi connectivity index (χ1) is 13.5. The largest absolute Gasteiger partial charge is 0.435 e. The molecular formula is C22H19F2NO3. The summed E-state index contributed by atoms with van der Waals surface area (Å²) in [6, 6.07) is 15.4. The van der Waals surface area contributed by atoms with E-state index in [-0.39, 0.29) is 31.0 Å². The fourth-order valence-electron chi connectivity index (χ4n) is 3.05. The summed E-state index contributed by atoms with van der Waals surface area (Å²) in [7, 11) is 0. The summed E-state index contributed by atoms with van der Waals surface area (Å²) in [5.74, 6) is -0.0284. The zero-order chi connectivity index (χ0) is 19.9. The molecule has 1 aromatic heterocycles. The monoisotopic (exact) mass is 383 g/mol. The highest BCUT2D eigenvalue weighted by atomic mass is 19.3. The Kier molecular flexibility index (Phi) is 6.45. The SMILES string of the molecule is O=C(Cc1cccc(OC(F)F)c1)Cc1ccc(-c2ccncc2)c(CO)c1. The lowest BCUT2D eigenvalue weighted by Crippen LogP contribution is -2.08. The number of aromatic nitrogens is 1. The number of carbonyl (C=O) groups excluding carboxylic acids is 1. The van der Waals surface area contributed by atoms with Crippen molar-refractivity contribution in [3.05, 3.63) is 83.7 Å². The van der Waals surface area contributed by atoms with Crippen molar-refractivity contribution in [3.63, 3.8) is 0 Å². The van der Waals surface area contributed by atoms with E-state index in [1.807, 2.05) is 30.3 Å². The van der Waals surface area contributed by atoms with Crippen molar-refractivity contribution < 1.29 is 23.4 Å². The van der Waals surface area contributed by atoms with Gasteiger partial charge in [0.1, 0.15) is 11.5 Å². The van der Waals surface area contributed by atoms with Gasteiger partial charge >= 0.3 is 6.61 Å². The van der Waals surface area contributed by atoms with Crippen molar-refractivity contribution in [3.8, 4) is 16.9 Å². The molecule has 0 saturated carbocycles. The van der Waals surface area contributed by atoms with Gasteiger partial charge in [-0.3, -0.25) is 9.78 Å². The number of ether oxygens (including phenoxy) is 1. The smallest absolute Gasteiger partial charge is 0.387 e. The van der Waals surface area contributed by atoms with Gasteiger partial charge < -0.3 is 9.84 Å². The summed E-state index contributed by atoms with van der Waals surface area (Å²) in [5, 5.41) is 9.70. The van der Waals surface area contributed by atoms with Crippen LogP contribution in [0.25, 0.3) is 11.1 Å². The number of nitrogens with zero attached hydrogens (tertiary/aromatic N) is 1. The van der Waals surface area contributed by atoms with E-state index >= 15 is 0 Å². The van der Waals surface area contributed by atoms with Crippen molar-refractivity contribution in [2.24, 2.45) is 0 Å². The summed E-state index contributed by atoms with van der Waals surface area (Å²) in [4.78, 5) is 16.4. The summed E-state index contributed by atoms with van der Waals surface area (Å²) in [6.07, 6.45) is 3.66. The number of alkyl halides is 2. The predicted octanol–water partition coefficient (Wildman–Crippen LogP) is 4.20. The second-order valence-corrected chi connectivity index (χ2v) is 6.30. The van der Waals surface area contributed by atoms with Crippen LogP contribution in [0.1, 0.15) is 16.7 Å². The molecule has 0 amide bonds. The van der Waals surface area contributed by atoms with Crippen molar-refractivity contribution in [2.45, 2.75) is 26.1 Å². The van der Waals surface area contributed by atoms with Crippen LogP contribution in [0, 0.1) is 0 Å². The molecule has 0 spiro atoms. The van der Waals surface area contributed by atoms with Gasteiger partial charge in [0.25, 0.3) is 0 Å². The molecule has 0 fully saturated rings. The number of halogens is 2. The number of carbonyl (C=O) groups is 1. The molecule has 2 aromatic carbocycles. The zero-order valence-corrected chi connectivity index (χ0v) is 15.0. The van der Waals surface area contributed by atoms with Crippen LogP contribution in [0.4, 0.5) is 8.78 Å². The van der Waals surface area contributed by atoms with Crippen LogP contribution in [0.3, 0.4) is 0 Å². The molecule has 0 atom stereocenters. The Morgan fingerprint density at radius 2 is 1.71 bits per heavy atom. The van der Waals surface area contributed by atoms with Crippen LogP contribution in [0.2, 0.25) is 0 Å². The van der Waals surface area contributed by atoms with Gasteiger partial charge in [0, 0.05) is 25.2 Å². The molecular weight excluding hydrogens is 364 g/mol. The molecule has 144 valence electrons. The fourth-order valence-corrected chi connectivity index (χ4v) is 3.05. The highest BCUT2D eigenvalue weighted by molar-refractivity contribution is 5.83. The number of hydrogen-bond acceptors (Lipinski definition) is 4. The van der Waals surface area contributed by atoms with E-state index in [2.05, 4.69) is 9.72 Å². The molecule has 0 aliphatic rings. The van der Waals surface area contributed by atoms with E-state index in [0.717, 1.165) is 22.3 Å². The number of benzene rings is 2. The highest BCUT2D eigenvalue weighted by Gasteiger charge is 2.11. The van der Waals surface area contributed by atoms with Gasteiger partial charge in [0.2, 0.25) is 0 Å². The quantitative estimate of drug-likeness (QED) is 0.633. The molecule has 0 bridgehead atoms. The van der Waals surface area contributed by atoms with Crippen LogP contribution in [-0.2, 0) is 24.2 Å². The molecule has 0 aliphatic heterocycles. The Bertz CT molecular complexity index is 946. The standard InChI is InChI=1S/C22H19F2NO3/c23-22(24)28-20-3-1-2-15(13-20)11-19(27)12-16-4-5-21(18(10-16)14-26)17-6-8-25-9-7-17/h1-10,13,22,26H,11-12,14H2. The minimum atomic E-state index is -2.90. The second-order valence-electron chi connectivity index (χ2n) is 6.30. The van der Waals surface area contributed by atoms with Gasteiger partial charge in [0.05, 0.1) is 6.61 Å². The fraction of sp³-hybridized carbons (Fsp3) is 0.182. The number of aliphatic hydroxyl groups excluding tert-OH is 1. The van der Waals surface area contributed by atoms with Crippen molar-refractivity contribution >= 4 is 5.78 Å². The van der Waals surface area contributed by atoms with Gasteiger partial charge in [0.15, 0.2) is 0 Å². The first kappa shape index (κ1) is 19.6. The van der Waals surface area contributed by atoms with E-state index in [9.17, 15) is 18.7 Å². The van der Waals surface area contributed by atoms with E-state index in [0.29, 0.717) is 5.56 Å². The maximum absolute atomic E-state index is 12.4. The Morgan fingerprint density at radius 3 is 2.39 bits per heavy atom. The van der Waals surface area contributed by atoms with Crippen LogP contribution in [0.15, 0.2) is 67.0 Å². The average Bonchev–Trinajstić information content (AvgIpc) is 2.68. The van der Waals surface area contributed by atoms with Crippen molar-refractivity contribution in [1.82, 2.24) is 4.98 Å². The van der Waals surface area contributed by atoms with Crippen LogP contribution < -0.4 is 4.74 Å². The van der Waals surface area contributed by atoms with Crippen molar-refractivity contribution in [2.75, 3.05) is 0 Å². The summed E-state index contributed by atoms with van der Waals surface area (Å²) < 4.78 is 29.0. The number of aliphatic hydroxyl groups is 1. The average molecular weight is 383 g/mol. The first-order valence-corrected chi connectivity index (χ1v) is 8.73. The van der Waals surface area contributed by atoms with Gasteiger partial charge in [-0.05, 0) is 52.1 Å². The lowest BCUT2D eigenvalue weighted by molar-refractivity contribution is -0.117. The molecule has 0 radical (unpaired) electrons. The predicted molar refractivity (Wildman–Crippen MR) is 101 cm³/mol. The lowest BCUT2D eigenvalue weighted by atomic mass is 9.95. The molecule has 3 rings (SSSR count). The molecule has 1 N–H and O–H groups in total. The zero-order valence-electron chi connectivity index (χ0n) is 15.0. The molecule has 28 heavy (non-hydrogen) atoms. The third-order valence-electron chi connectivity index (χ3n) is 4.26. The van der Waals surface area contributed by atoms with E-state index < -0.39 is 6.61 Å². The Balaban J connectivity index is 1.71. The molecule has 0 aliphatic carbocycles. The third kappa shape index (κ3) is 5.20. The van der Waals surface area contributed by atoms with Gasteiger partial charge in [-0.25, -0.2) is 0 Å². The van der Waals surface area contributed by atoms with Crippen molar-refractivity contribution in [1.29, 1.82) is 0 Å². The third-order valence-corrected chi connectivity index (χ3v) is 4.26. The molecule has 3 aromatic rings. The molecule has 0 saturated heterocycles. The van der Waals surface area contributed by atoms with Gasteiger partial charge in [-0.2, -0.15) is 8.78 Å². The van der Waals surface area contributed by atoms with Gasteiger partial charge in [-0.15, -0.1) is 0 Å². The Hall–Kier alpha value is -3.12. The topological polar surface area (TPSA) is 59.4 Å². The molecule has 1 heterocycles. The number of ketones is 1. The molecule has 0 unspecified atom stereocenters. The Labute approximate surface area is 161 Å². The number of pyridine rings is 1. The molecule has 4 nitrogen and oxygen atoms in total. The normalized spacial score (nSPS) is 10.9. The summed E-state index contributed by atoms with van der Waals surface area (Å²) in [6.45, 7) is -3.05. The maximum Gasteiger partial charge on any atom is 0.387 e. The maximum atomic E-state index is 12.4. The number of hydrogen-bond donors (Lipinski definition) is 1. The minimum absolute atomic E-state index is 0.0320. The highest BCUT2D eigenvalue weighted by Crippen LogP contribution is 2.25. The van der Waals surface area contributed by atoms with Gasteiger partial charge in [-0.1, -0.05) is 30.3 Å². The lowest BCUT2D eigenvalue weighted by Gasteiger charge is -2.10. The van der Waals surface area contributed by atoms with E-state index in [1.54, 1.807) is 24.5 Å². The molecule has 6 heteroatoms. The van der Waals surface area contributed by atoms with E-state index in [1.165, 1.54) is 12.1 Å². The van der Waals surface area contributed by atoms with Crippen LogP contribution in [-0.4, -0.2) is 22.5 Å². The minimum Gasteiger partial charge on any atom is -0.435 e. The van der Waals surface area contributed by atoms with E-state index in [4.69, 9.17) is 0 Å². The summed E-state index contributed by atoms with van der Waals surface area (Å²) >= 11 is 0. The second kappa shape index (κ2) is 9.19. The first-order valence-electron chi connectivity index (χ1n) is 8.73. The summed E-state index contributed by atoms with van der Waals surface area (Å²) in [5.41, 5.74) is 3.94. The number of rotatable bonds is 8. The van der Waals surface area contributed by atoms with Crippen LogP contribution in [0.5, 0.6) is 5.75 Å². The van der Waals surface area contributed by atoms with Crippen LogP contribution >= 0.6 is 0 Å². The number of Topliss-reactive ketones (excluding diaryl/α,β-unsaturated/α-hetero) is 1.